The molecule has 0 fully saturated rings. The Morgan fingerprint density at radius 2 is 1.96 bits per heavy atom. The Morgan fingerprint density at radius 1 is 1.22 bits per heavy atom. The lowest BCUT2D eigenvalue weighted by Crippen LogP contribution is -2.22. The van der Waals surface area contributed by atoms with Gasteiger partial charge in [0, 0.05) is 23.7 Å². The lowest BCUT2D eigenvalue weighted by molar-refractivity contribution is -0.148. The van der Waals surface area contributed by atoms with Gasteiger partial charge in [0.1, 0.15) is 17.5 Å². The van der Waals surface area contributed by atoms with Crippen LogP contribution in [0.25, 0.3) is 10.9 Å². The smallest absolute Gasteiger partial charge is 0.329 e. The van der Waals surface area contributed by atoms with Crippen molar-refractivity contribution in [1.29, 1.82) is 0 Å². The molecule has 2 aromatic rings. The van der Waals surface area contributed by atoms with Gasteiger partial charge in [-0.1, -0.05) is 20.8 Å². The second kappa shape index (κ2) is 7.40. The van der Waals surface area contributed by atoms with E-state index < -0.39 is 0 Å². The molecule has 0 aliphatic heterocycles. The maximum atomic E-state index is 12.4. The van der Waals surface area contributed by atoms with E-state index in [0.717, 1.165) is 16.7 Å². The van der Waals surface area contributed by atoms with Crippen LogP contribution in [0, 0.1) is 5.92 Å². The van der Waals surface area contributed by atoms with Crippen molar-refractivity contribution in [1.82, 2.24) is 4.57 Å². The molecule has 1 aromatic carbocycles. The Labute approximate surface area is 137 Å². The molecule has 0 aliphatic rings. The van der Waals surface area contributed by atoms with Gasteiger partial charge in [0.2, 0.25) is 0 Å². The van der Waals surface area contributed by atoms with E-state index in [1.165, 1.54) is 0 Å². The number of hydrogen-bond donors (Lipinski definition) is 0. The first-order chi connectivity index (χ1) is 11.0. The average Bonchev–Trinajstić information content (AvgIpc) is 2.96. The average molecular weight is 319 g/mol. The van der Waals surface area contributed by atoms with E-state index >= 15 is 0 Å². The number of rotatable bonds is 7. The van der Waals surface area contributed by atoms with Crippen LogP contribution in [-0.2, 0) is 9.53 Å². The van der Waals surface area contributed by atoms with Crippen molar-refractivity contribution in [3.05, 3.63) is 24.4 Å². The first kappa shape index (κ1) is 17.2. The van der Waals surface area contributed by atoms with Gasteiger partial charge >= 0.3 is 5.97 Å². The number of carbonyl (C=O) groups excluding carboxylic acids is 1. The molecule has 2 rings (SSSR count). The van der Waals surface area contributed by atoms with Gasteiger partial charge in [-0.2, -0.15) is 0 Å². The molecule has 0 N–H and O–H groups in total. The largest absolute Gasteiger partial charge is 0.497 e. The Hall–Kier alpha value is -2.17. The van der Waals surface area contributed by atoms with Crippen LogP contribution in [-0.4, -0.2) is 31.4 Å². The zero-order valence-electron chi connectivity index (χ0n) is 14.5. The molecule has 1 heterocycles. The normalized spacial score (nSPS) is 12.4. The highest BCUT2D eigenvalue weighted by Crippen LogP contribution is 2.34. The highest BCUT2D eigenvalue weighted by atomic mass is 16.5. The van der Waals surface area contributed by atoms with Gasteiger partial charge in [0.25, 0.3) is 0 Å². The minimum absolute atomic E-state index is 0.208. The van der Waals surface area contributed by atoms with Gasteiger partial charge in [-0.3, -0.25) is 0 Å². The number of aromatic nitrogens is 1. The van der Waals surface area contributed by atoms with Crippen molar-refractivity contribution in [3.63, 3.8) is 0 Å². The molecule has 1 aromatic heterocycles. The van der Waals surface area contributed by atoms with Crippen LogP contribution in [0.2, 0.25) is 0 Å². The summed E-state index contributed by atoms with van der Waals surface area (Å²) in [7, 11) is 3.24. The summed E-state index contributed by atoms with van der Waals surface area (Å²) in [6.07, 6.45) is 2.55. The van der Waals surface area contributed by atoms with Gasteiger partial charge < -0.3 is 18.8 Å². The van der Waals surface area contributed by atoms with E-state index in [-0.39, 0.29) is 12.0 Å². The fraction of sp³-hybridized carbons (Fsp3) is 0.500. The molecule has 0 saturated carbocycles. The zero-order chi connectivity index (χ0) is 17.0. The minimum atomic E-state index is -0.358. The lowest BCUT2D eigenvalue weighted by Gasteiger charge is -2.18. The van der Waals surface area contributed by atoms with Gasteiger partial charge in [0.15, 0.2) is 0 Å². The van der Waals surface area contributed by atoms with E-state index in [2.05, 4.69) is 0 Å². The van der Waals surface area contributed by atoms with Crippen LogP contribution >= 0.6 is 0 Å². The molecule has 0 spiro atoms. The maximum Gasteiger partial charge on any atom is 0.329 e. The van der Waals surface area contributed by atoms with Crippen LogP contribution in [0.1, 0.15) is 33.2 Å². The van der Waals surface area contributed by atoms with E-state index in [9.17, 15) is 4.79 Å². The van der Waals surface area contributed by atoms with E-state index in [0.29, 0.717) is 24.7 Å². The number of benzene rings is 1. The van der Waals surface area contributed by atoms with E-state index in [4.69, 9.17) is 14.2 Å². The predicted octanol–water partition coefficient (Wildman–Crippen LogP) is 3.81. The number of carbonyl (C=O) groups is 1. The van der Waals surface area contributed by atoms with Crippen molar-refractivity contribution in [3.8, 4) is 11.5 Å². The Balaban J connectivity index is 2.42. The van der Waals surface area contributed by atoms with Crippen LogP contribution in [0.3, 0.4) is 0 Å². The van der Waals surface area contributed by atoms with Gasteiger partial charge in [0.05, 0.1) is 26.3 Å². The summed E-state index contributed by atoms with van der Waals surface area (Å²) < 4.78 is 18.1. The first-order valence-corrected chi connectivity index (χ1v) is 7.91. The molecule has 0 aliphatic carbocycles. The number of fused-ring (bicyclic) bond motifs is 1. The summed E-state index contributed by atoms with van der Waals surface area (Å²) in [5, 5.41) is 0.948. The quantitative estimate of drug-likeness (QED) is 0.728. The molecule has 0 bridgehead atoms. The predicted molar refractivity (Wildman–Crippen MR) is 90.2 cm³/mol. The summed E-state index contributed by atoms with van der Waals surface area (Å²) in [6, 6.07) is 5.34. The lowest BCUT2D eigenvalue weighted by atomic mass is 10.2. The summed E-state index contributed by atoms with van der Waals surface area (Å²) in [5.41, 5.74) is 0.898. The number of methoxy groups -OCH3 is 2. The highest BCUT2D eigenvalue weighted by Gasteiger charge is 2.23. The number of esters is 1. The topological polar surface area (TPSA) is 49.7 Å². The van der Waals surface area contributed by atoms with E-state index in [1.807, 2.05) is 49.7 Å². The van der Waals surface area contributed by atoms with Gasteiger partial charge in [-0.15, -0.1) is 0 Å². The molecular formula is C18H25NO4. The monoisotopic (exact) mass is 319 g/mol. The minimum Gasteiger partial charge on any atom is -0.497 e. The Bertz CT molecular complexity index is 675. The molecule has 5 nitrogen and oxygen atoms in total. The van der Waals surface area contributed by atoms with Crippen molar-refractivity contribution >= 4 is 16.9 Å². The standard InChI is InChI=1S/C18H25NO4/c1-6-15(18(20)23-11-12(2)3)19-8-7-14-16(19)9-13(21-4)10-17(14)22-5/h7-10,12,15H,6,11H2,1-5H3. The third-order valence-electron chi connectivity index (χ3n) is 3.78. The molecule has 126 valence electrons. The van der Waals surface area contributed by atoms with Crippen LogP contribution in [0.5, 0.6) is 11.5 Å². The van der Waals surface area contributed by atoms with Crippen molar-refractivity contribution in [2.24, 2.45) is 5.92 Å². The number of hydrogen-bond acceptors (Lipinski definition) is 4. The zero-order valence-corrected chi connectivity index (χ0v) is 14.5. The summed E-state index contributed by atoms with van der Waals surface area (Å²) in [4.78, 5) is 12.4. The summed E-state index contributed by atoms with van der Waals surface area (Å²) in [5.74, 6) is 1.53. The number of ether oxygens (including phenoxy) is 3. The second-order valence-electron chi connectivity index (χ2n) is 5.93. The third kappa shape index (κ3) is 3.60. The fourth-order valence-electron chi connectivity index (χ4n) is 2.58. The van der Waals surface area contributed by atoms with Crippen molar-refractivity contribution in [2.45, 2.75) is 33.2 Å². The molecule has 5 heteroatoms. The highest BCUT2D eigenvalue weighted by molar-refractivity contribution is 5.89. The van der Waals surface area contributed by atoms with Gasteiger partial charge in [-0.05, 0) is 18.4 Å². The fourth-order valence-corrected chi connectivity index (χ4v) is 2.58. The van der Waals surface area contributed by atoms with Crippen molar-refractivity contribution < 1.29 is 19.0 Å². The second-order valence-corrected chi connectivity index (χ2v) is 5.93. The summed E-state index contributed by atoms with van der Waals surface area (Å²) >= 11 is 0. The van der Waals surface area contributed by atoms with Crippen molar-refractivity contribution in [2.75, 3.05) is 20.8 Å². The first-order valence-electron chi connectivity index (χ1n) is 7.91. The third-order valence-corrected chi connectivity index (χ3v) is 3.78. The van der Waals surface area contributed by atoms with Crippen LogP contribution in [0.15, 0.2) is 24.4 Å². The Kier molecular flexibility index (Phi) is 5.53. The van der Waals surface area contributed by atoms with Crippen LogP contribution in [0.4, 0.5) is 0 Å². The SMILES string of the molecule is CCC(C(=O)OCC(C)C)n1ccc2c(OC)cc(OC)cc21. The molecule has 1 unspecified atom stereocenters. The maximum absolute atomic E-state index is 12.4. The molecule has 1 atom stereocenters. The van der Waals surface area contributed by atoms with E-state index in [1.54, 1.807) is 14.2 Å². The molecule has 23 heavy (non-hydrogen) atoms. The van der Waals surface area contributed by atoms with Crippen LogP contribution < -0.4 is 9.47 Å². The molecular weight excluding hydrogens is 294 g/mol. The number of nitrogens with zero attached hydrogens (tertiary/aromatic N) is 1. The molecule has 0 amide bonds. The summed E-state index contributed by atoms with van der Waals surface area (Å²) in [6.45, 7) is 6.45. The molecule has 0 saturated heterocycles. The Morgan fingerprint density at radius 3 is 2.52 bits per heavy atom. The molecule has 0 radical (unpaired) electrons. The van der Waals surface area contributed by atoms with Gasteiger partial charge in [-0.25, -0.2) is 4.79 Å².